The van der Waals surface area contributed by atoms with Gasteiger partial charge in [0.05, 0.1) is 17.8 Å². The highest BCUT2D eigenvalue weighted by atomic mass is 16.2. The van der Waals surface area contributed by atoms with Gasteiger partial charge >= 0.3 is 0 Å². The van der Waals surface area contributed by atoms with Gasteiger partial charge < -0.3 is 4.90 Å². The molecule has 1 aliphatic rings. The summed E-state index contributed by atoms with van der Waals surface area (Å²) in [5.41, 5.74) is 3.72. The van der Waals surface area contributed by atoms with Crippen LogP contribution in [0.5, 0.6) is 0 Å². The minimum absolute atomic E-state index is 0.140. The Morgan fingerprint density at radius 1 is 0.808 bits per heavy atom. The minimum atomic E-state index is -0.162. The first-order chi connectivity index (χ1) is 12.7. The molecule has 0 atom stereocenters. The third kappa shape index (κ3) is 2.95. The Bertz CT molecular complexity index is 991. The van der Waals surface area contributed by atoms with Gasteiger partial charge in [-0.25, -0.2) is 0 Å². The Balaban J connectivity index is 1.72. The van der Waals surface area contributed by atoms with E-state index in [-0.39, 0.29) is 11.7 Å². The number of para-hydroxylation sites is 1. The molecule has 0 saturated carbocycles. The molecule has 0 bridgehead atoms. The highest BCUT2D eigenvalue weighted by Gasteiger charge is 2.32. The van der Waals surface area contributed by atoms with Gasteiger partial charge in [-0.1, -0.05) is 78.9 Å². The molecule has 126 valence electrons. The monoisotopic (exact) mass is 339 g/mol. The van der Waals surface area contributed by atoms with Crippen LogP contribution in [0.25, 0.3) is 5.57 Å². The molecule has 0 spiro atoms. The van der Waals surface area contributed by atoms with Gasteiger partial charge in [-0.15, -0.1) is 0 Å². The number of benzene rings is 3. The highest BCUT2D eigenvalue weighted by Crippen LogP contribution is 2.37. The zero-order valence-corrected chi connectivity index (χ0v) is 14.1. The van der Waals surface area contributed by atoms with Gasteiger partial charge in [0, 0.05) is 11.1 Å². The second-order valence-corrected chi connectivity index (χ2v) is 6.18. The fourth-order valence-electron chi connectivity index (χ4n) is 3.19. The third-order valence-electron chi connectivity index (χ3n) is 4.48. The van der Waals surface area contributed by atoms with Gasteiger partial charge in [0.15, 0.2) is 5.78 Å². The van der Waals surface area contributed by atoms with Crippen molar-refractivity contribution in [3.8, 4) is 0 Å². The summed E-state index contributed by atoms with van der Waals surface area (Å²) < 4.78 is 0. The second kappa shape index (κ2) is 6.81. The average molecular weight is 339 g/mol. The van der Waals surface area contributed by atoms with E-state index in [2.05, 4.69) is 0 Å². The van der Waals surface area contributed by atoms with E-state index >= 15 is 0 Å². The number of hydrogen-bond acceptors (Lipinski definition) is 2. The first-order valence-electron chi connectivity index (χ1n) is 8.50. The Kier molecular flexibility index (Phi) is 4.20. The normalized spacial score (nSPS) is 14.5. The summed E-state index contributed by atoms with van der Waals surface area (Å²) in [5, 5.41) is 0. The van der Waals surface area contributed by atoms with Crippen molar-refractivity contribution < 1.29 is 9.59 Å². The minimum Gasteiger partial charge on any atom is -0.303 e. The molecule has 1 amide bonds. The predicted molar refractivity (Wildman–Crippen MR) is 103 cm³/mol. The first kappa shape index (κ1) is 16.0. The van der Waals surface area contributed by atoms with Crippen LogP contribution in [0, 0.1) is 0 Å². The first-order valence-corrected chi connectivity index (χ1v) is 8.50. The maximum atomic E-state index is 13.0. The summed E-state index contributed by atoms with van der Waals surface area (Å²) in [7, 11) is 0. The van der Waals surface area contributed by atoms with Crippen LogP contribution in [0.2, 0.25) is 0 Å². The summed E-state index contributed by atoms with van der Waals surface area (Å²) in [6.45, 7) is 0.480. The van der Waals surface area contributed by atoms with E-state index < -0.39 is 0 Å². The molecule has 3 nitrogen and oxygen atoms in total. The maximum absolute atomic E-state index is 13.0. The Labute approximate surface area is 152 Å². The van der Waals surface area contributed by atoms with Crippen LogP contribution in [0.15, 0.2) is 91.0 Å². The summed E-state index contributed by atoms with van der Waals surface area (Å²) in [5.74, 6) is -0.301. The van der Waals surface area contributed by atoms with Crippen molar-refractivity contribution in [2.75, 3.05) is 4.90 Å². The van der Waals surface area contributed by atoms with E-state index in [1.807, 2.05) is 72.8 Å². The van der Waals surface area contributed by atoms with Crippen LogP contribution in [0.4, 0.5) is 5.69 Å². The largest absolute Gasteiger partial charge is 0.303 e. The smallest absolute Gasteiger partial charge is 0.259 e. The fraction of sp³-hybridized carbons (Fsp3) is 0.0435. The fourth-order valence-corrected chi connectivity index (χ4v) is 3.19. The molecule has 26 heavy (non-hydrogen) atoms. The van der Waals surface area contributed by atoms with E-state index in [0.29, 0.717) is 17.7 Å². The van der Waals surface area contributed by atoms with Crippen molar-refractivity contribution in [1.82, 2.24) is 0 Å². The number of rotatable bonds is 4. The van der Waals surface area contributed by atoms with Gasteiger partial charge in [-0.05, 0) is 17.7 Å². The number of carbonyl (C=O) groups excluding carboxylic acids is 2. The van der Waals surface area contributed by atoms with Gasteiger partial charge in [0.1, 0.15) is 0 Å². The predicted octanol–water partition coefficient (Wildman–Crippen LogP) is 4.50. The Morgan fingerprint density at radius 3 is 2.15 bits per heavy atom. The number of amides is 1. The summed E-state index contributed by atoms with van der Waals surface area (Å²) in [6, 6.07) is 26.5. The lowest BCUT2D eigenvalue weighted by Gasteiger charge is -2.17. The molecular formula is C23H17NO2. The van der Waals surface area contributed by atoms with Crippen molar-refractivity contribution in [1.29, 1.82) is 0 Å². The zero-order chi connectivity index (χ0) is 17.9. The molecule has 3 heteroatoms. The Morgan fingerprint density at radius 2 is 1.42 bits per heavy atom. The molecule has 0 saturated heterocycles. The van der Waals surface area contributed by atoms with Crippen LogP contribution >= 0.6 is 0 Å². The Hall–Kier alpha value is -3.46. The van der Waals surface area contributed by atoms with Crippen LogP contribution in [-0.4, -0.2) is 11.7 Å². The van der Waals surface area contributed by atoms with Crippen molar-refractivity contribution in [3.63, 3.8) is 0 Å². The van der Waals surface area contributed by atoms with Crippen molar-refractivity contribution in [2.24, 2.45) is 0 Å². The number of ketones is 1. The van der Waals surface area contributed by atoms with Crippen LogP contribution in [-0.2, 0) is 11.3 Å². The van der Waals surface area contributed by atoms with E-state index in [9.17, 15) is 9.59 Å². The standard InChI is InChI=1S/C23H17NO2/c25-22(18-11-5-2-6-12-18)15-20-19-13-7-8-14-21(19)24(23(20)26)16-17-9-3-1-4-10-17/h1-15H,16H2/b20-15+. The number of anilines is 1. The molecule has 0 fully saturated rings. The van der Waals surface area contributed by atoms with Gasteiger partial charge in [-0.3, -0.25) is 9.59 Å². The highest BCUT2D eigenvalue weighted by molar-refractivity contribution is 6.35. The number of nitrogens with zero attached hydrogens (tertiary/aromatic N) is 1. The third-order valence-corrected chi connectivity index (χ3v) is 4.48. The van der Waals surface area contributed by atoms with Gasteiger partial charge in [0.25, 0.3) is 5.91 Å². The van der Waals surface area contributed by atoms with E-state index in [1.165, 1.54) is 6.08 Å². The molecule has 0 aromatic heterocycles. The molecule has 3 aromatic rings. The van der Waals surface area contributed by atoms with Crippen molar-refractivity contribution in [2.45, 2.75) is 6.54 Å². The van der Waals surface area contributed by atoms with Crippen LogP contribution in [0.1, 0.15) is 21.5 Å². The quantitative estimate of drug-likeness (QED) is 0.518. The zero-order valence-electron chi connectivity index (χ0n) is 14.1. The average Bonchev–Trinajstić information content (AvgIpc) is 2.95. The lowest BCUT2D eigenvalue weighted by molar-refractivity contribution is -0.113. The van der Waals surface area contributed by atoms with Gasteiger partial charge in [-0.2, -0.15) is 0 Å². The van der Waals surface area contributed by atoms with E-state index in [4.69, 9.17) is 0 Å². The topological polar surface area (TPSA) is 37.4 Å². The molecule has 1 heterocycles. The lowest BCUT2D eigenvalue weighted by atomic mass is 10.0. The van der Waals surface area contributed by atoms with Crippen LogP contribution < -0.4 is 4.90 Å². The molecule has 0 unspecified atom stereocenters. The maximum Gasteiger partial charge on any atom is 0.259 e. The number of fused-ring (bicyclic) bond motifs is 1. The van der Waals surface area contributed by atoms with Crippen molar-refractivity contribution in [3.05, 3.63) is 108 Å². The second-order valence-electron chi connectivity index (χ2n) is 6.18. The molecule has 0 radical (unpaired) electrons. The SMILES string of the molecule is O=C(/C=C1/C(=O)N(Cc2ccccc2)c2ccccc21)c1ccccc1. The molecular weight excluding hydrogens is 322 g/mol. The summed E-state index contributed by atoms with van der Waals surface area (Å²) >= 11 is 0. The van der Waals surface area contributed by atoms with Gasteiger partial charge in [0.2, 0.25) is 0 Å². The number of hydrogen-bond donors (Lipinski definition) is 0. The number of allylic oxidation sites excluding steroid dienone is 1. The summed E-state index contributed by atoms with van der Waals surface area (Å²) in [6.07, 6.45) is 1.46. The van der Waals surface area contributed by atoms with E-state index in [0.717, 1.165) is 16.8 Å². The van der Waals surface area contributed by atoms with E-state index in [1.54, 1.807) is 17.0 Å². The number of carbonyl (C=O) groups is 2. The molecule has 4 rings (SSSR count). The molecule has 0 aliphatic carbocycles. The molecule has 1 aliphatic heterocycles. The van der Waals surface area contributed by atoms with Crippen molar-refractivity contribution >= 4 is 23.0 Å². The van der Waals surface area contributed by atoms with Crippen LogP contribution in [0.3, 0.4) is 0 Å². The summed E-state index contributed by atoms with van der Waals surface area (Å²) in [4.78, 5) is 27.3. The molecule has 3 aromatic carbocycles. The lowest BCUT2D eigenvalue weighted by Crippen LogP contribution is -2.25. The molecule has 0 N–H and O–H groups in total.